The molecule has 1 unspecified atom stereocenters. The molecule has 3 aromatic rings. The van der Waals surface area contributed by atoms with Gasteiger partial charge in [-0.25, -0.2) is 4.79 Å². The highest BCUT2D eigenvalue weighted by atomic mass is 16.6. The first-order valence-corrected chi connectivity index (χ1v) is 14.7. The lowest BCUT2D eigenvalue weighted by molar-refractivity contribution is 0.0513. The lowest BCUT2D eigenvalue weighted by Gasteiger charge is -2.34. The van der Waals surface area contributed by atoms with Gasteiger partial charge in [-0.05, 0) is 93.3 Å². The van der Waals surface area contributed by atoms with E-state index in [1.165, 1.54) is 4.68 Å². The zero-order valence-electron chi connectivity index (χ0n) is 25.0. The van der Waals surface area contributed by atoms with Crippen molar-refractivity contribution in [2.75, 3.05) is 13.1 Å². The molecule has 13 heteroatoms. The van der Waals surface area contributed by atoms with Crippen molar-refractivity contribution in [2.24, 2.45) is 10.2 Å². The van der Waals surface area contributed by atoms with E-state index in [4.69, 9.17) is 20.5 Å². The molecule has 2 aliphatic rings. The van der Waals surface area contributed by atoms with E-state index in [-0.39, 0.29) is 31.1 Å². The molecular weight excluding hydrogens is 562 g/mol. The van der Waals surface area contributed by atoms with Crippen LogP contribution in [0.5, 0.6) is 5.75 Å². The van der Waals surface area contributed by atoms with E-state index in [2.05, 4.69) is 25.2 Å². The Balaban J connectivity index is 1.32. The van der Waals surface area contributed by atoms with E-state index in [1.807, 2.05) is 68.1 Å². The first-order valence-electron chi connectivity index (χ1n) is 14.7. The number of azide groups is 2. The fourth-order valence-corrected chi connectivity index (χ4v) is 5.42. The van der Waals surface area contributed by atoms with Crippen LogP contribution >= 0.6 is 0 Å². The molecule has 44 heavy (non-hydrogen) atoms. The molecule has 1 aromatic heterocycles. The largest absolute Gasteiger partial charge is 0.490 e. The molecule has 5 rings (SSSR count). The van der Waals surface area contributed by atoms with Crippen molar-refractivity contribution in [1.29, 1.82) is 0 Å². The van der Waals surface area contributed by atoms with E-state index in [0.29, 0.717) is 24.2 Å². The van der Waals surface area contributed by atoms with Crippen LogP contribution in [0.4, 0.5) is 4.79 Å². The summed E-state index contributed by atoms with van der Waals surface area (Å²) in [5.74, 6) is 0.530. The van der Waals surface area contributed by atoms with Crippen LogP contribution in [-0.2, 0) is 17.6 Å². The van der Waals surface area contributed by atoms with Crippen molar-refractivity contribution in [3.05, 3.63) is 92.4 Å². The average molecular weight is 598 g/mol. The number of fused-ring (bicyclic) bond motifs is 1. The van der Waals surface area contributed by atoms with Gasteiger partial charge in [0, 0.05) is 39.2 Å². The van der Waals surface area contributed by atoms with Crippen molar-refractivity contribution < 1.29 is 19.1 Å². The Hall–Kier alpha value is -4.99. The summed E-state index contributed by atoms with van der Waals surface area (Å²) in [6.45, 7) is 5.49. The molecule has 13 nitrogen and oxygen atoms in total. The first kappa shape index (κ1) is 30.5. The van der Waals surface area contributed by atoms with Crippen LogP contribution in [0.2, 0.25) is 0 Å². The second-order valence-corrected chi connectivity index (χ2v) is 12.0. The van der Waals surface area contributed by atoms with Gasteiger partial charge in [-0.2, -0.15) is 9.78 Å². The lowest BCUT2D eigenvalue weighted by Crippen LogP contribution is -2.44. The molecule has 1 atom stereocenters. The smallest absolute Gasteiger partial charge is 0.435 e. The molecule has 1 saturated carbocycles. The van der Waals surface area contributed by atoms with E-state index >= 15 is 0 Å². The van der Waals surface area contributed by atoms with Crippen LogP contribution in [0.3, 0.4) is 0 Å². The predicted molar refractivity (Wildman–Crippen MR) is 163 cm³/mol. The van der Waals surface area contributed by atoms with E-state index in [1.54, 1.807) is 12.3 Å². The zero-order chi connectivity index (χ0) is 31.3. The number of para-hydroxylation sites is 1. The van der Waals surface area contributed by atoms with Gasteiger partial charge in [-0.3, -0.25) is 4.79 Å². The monoisotopic (exact) mass is 597 g/mol. The molecule has 2 aliphatic carbocycles. The van der Waals surface area contributed by atoms with Crippen molar-refractivity contribution in [3.63, 3.8) is 0 Å². The Morgan fingerprint density at radius 3 is 2.34 bits per heavy atom. The Morgan fingerprint density at radius 1 is 1.02 bits per heavy atom. The number of carbonyl (C=O) groups excluding carboxylic acids is 2. The number of nitrogens with zero attached hydrogens (tertiary/aromatic N) is 9. The highest BCUT2D eigenvalue weighted by Gasteiger charge is 2.39. The topological polar surface area (TPSA) is 171 Å². The quantitative estimate of drug-likeness (QED) is 0.141. The maximum absolute atomic E-state index is 13.9. The molecule has 1 amide bonds. The van der Waals surface area contributed by atoms with Crippen LogP contribution < -0.4 is 4.74 Å². The summed E-state index contributed by atoms with van der Waals surface area (Å²) in [4.78, 5) is 34.0. The second kappa shape index (κ2) is 13.1. The molecule has 0 aliphatic heterocycles. The minimum atomic E-state index is -0.622. The standard InChI is InChI=1S/C31H35N9O4/c1-31(2,3)44-30(42)39-19-22-16-24(14-15-27(22)36-39)40(23-12-13-23)29(41)21-10-8-20(9-11-21)26-6-4-5-7-28(26)43-25(17-34-37-32)18-35-38-33/h4-11,19,23-25H,12-18H2,1-3H3. The fourth-order valence-electron chi connectivity index (χ4n) is 5.42. The van der Waals surface area contributed by atoms with Gasteiger partial charge in [-0.15, -0.1) is 0 Å². The van der Waals surface area contributed by atoms with Crippen molar-refractivity contribution in [2.45, 2.75) is 76.7 Å². The van der Waals surface area contributed by atoms with Gasteiger partial charge in [0.05, 0.1) is 18.8 Å². The molecule has 0 radical (unpaired) electrons. The number of hydrogen-bond acceptors (Lipinski definition) is 7. The molecule has 1 heterocycles. The molecule has 0 bridgehead atoms. The first-order chi connectivity index (χ1) is 21.2. The maximum Gasteiger partial charge on any atom is 0.435 e. The summed E-state index contributed by atoms with van der Waals surface area (Å²) in [6, 6.07) is 15.1. The van der Waals surface area contributed by atoms with E-state index in [9.17, 15) is 9.59 Å². The number of rotatable bonds is 10. The van der Waals surface area contributed by atoms with Gasteiger partial charge >= 0.3 is 6.09 Å². The highest BCUT2D eigenvalue weighted by Crippen LogP contribution is 2.36. The Labute approximate surface area is 255 Å². The summed E-state index contributed by atoms with van der Waals surface area (Å²) in [5.41, 5.74) is 20.9. The van der Waals surface area contributed by atoms with Crippen LogP contribution in [0.15, 0.2) is 65.0 Å². The molecule has 0 saturated heterocycles. The van der Waals surface area contributed by atoms with Crippen LogP contribution in [0.25, 0.3) is 32.0 Å². The lowest BCUT2D eigenvalue weighted by atomic mass is 9.91. The number of hydrogen-bond donors (Lipinski definition) is 0. The molecule has 228 valence electrons. The van der Waals surface area contributed by atoms with Gasteiger partial charge in [0.25, 0.3) is 5.91 Å². The summed E-state index contributed by atoms with van der Waals surface area (Å²) in [5, 5.41) is 11.6. The SMILES string of the molecule is CC(C)(C)OC(=O)n1cc2c(n1)CCC(N(C(=O)c1ccc(-c3ccccc3OC(CN=[N+]=[N-])CN=[N+]=[N-])cc1)C1CC1)C2. The molecule has 1 fully saturated rings. The van der Waals surface area contributed by atoms with Crippen molar-refractivity contribution in [3.8, 4) is 16.9 Å². The van der Waals surface area contributed by atoms with Crippen LogP contribution in [-0.4, -0.2) is 63.6 Å². The third kappa shape index (κ3) is 7.31. The van der Waals surface area contributed by atoms with Gasteiger partial charge in [-0.1, -0.05) is 40.6 Å². The van der Waals surface area contributed by atoms with Crippen LogP contribution in [0, 0.1) is 0 Å². The number of benzene rings is 2. The summed E-state index contributed by atoms with van der Waals surface area (Å²) in [6.07, 6.45) is 4.65. The van der Waals surface area contributed by atoms with E-state index in [0.717, 1.165) is 41.6 Å². The number of aromatic nitrogens is 2. The third-order valence-corrected chi connectivity index (χ3v) is 7.52. The Bertz CT molecular complexity index is 1590. The highest BCUT2D eigenvalue weighted by molar-refractivity contribution is 5.95. The minimum Gasteiger partial charge on any atom is -0.490 e. The predicted octanol–water partition coefficient (Wildman–Crippen LogP) is 6.86. The summed E-state index contributed by atoms with van der Waals surface area (Å²) in [7, 11) is 0. The number of aryl methyl sites for hydroxylation is 1. The summed E-state index contributed by atoms with van der Waals surface area (Å²) < 4.78 is 12.8. The zero-order valence-corrected chi connectivity index (χ0v) is 25.0. The summed E-state index contributed by atoms with van der Waals surface area (Å²) >= 11 is 0. The van der Waals surface area contributed by atoms with Crippen LogP contribution in [0.1, 0.15) is 61.6 Å². The third-order valence-electron chi connectivity index (χ3n) is 7.52. The second-order valence-electron chi connectivity index (χ2n) is 12.0. The maximum atomic E-state index is 13.9. The molecule has 2 aromatic carbocycles. The normalized spacial score (nSPS) is 16.5. The number of carbonyl (C=O) groups is 2. The van der Waals surface area contributed by atoms with Crippen molar-refractivity contribution in [1.82, 2.24) is 14.7 Å². The minimum absolute atomic E-state index is 0.0108. The van der Waals surface area contributed by atoms with E-state index < -0.39 is 17.8 Å². The fraction of sp³-hybridized carbons (Fsp3) is 0.452. The number of ether oxygens (including phenoxy) is 2. The molecule has 0 N–H and O–H groups in total. The average Bonchev–Trinajstić information content (AvgIpc) is 3.74. The number of amides is 1. The van der Waals surface area contributed by atoms with Gasteiger partial charge < -0.3 is 14.4 Å². The van der Waals surface area contributed by atoms with Gasteiger partial charge in [0.2, 0.25) is 0 Å². The van der Waals surface area contributed by atoms with Gasteiger partial charge in [0.1, 0.15) is 17.5 Å². The Kier molecular flexibility index (Phi) is 9.08. The van der Waals surface area contributed by atoms with Crippen molar-refractivity contribution >= 4 is 12.0 Å². The van der Waals surface area contributed by atoms with Gasteiger partial charge in [0.15, 0.2) is 0 Å². The Morgan fingerprint density at radius 2 is 1.70 bits per heavy atom. The molecular formula is C31H35N9O4. The molecule has 0 spiro atoms.